The maximum Gasteiger partial charge on any atom is 0.103 e. The van der Waals surface area contributed by atoms with Crippen molar-refractivity contribution in [2.45, 2.75) is 24.1 Å². The Morgan fingerprint density at radius 2 is 2.06 bits per heavy atom. The number of hydrogen-bond donors (Lipinski definition) is 0. The Morgan fingerprint density at radius 1 is 1.18 bits per heavy atom. The minimum atomic E-state index is 0.488. The van der Waals surface area contributed by atoms with Crippen molar-refractivity contribution in [3.63, 3.8) is 0 Å². The molecule has 2 aromatic rings. The summed E-state index contributed by atoms with van der Waals surface area (Å²) >= 11 is 7.22. The SMILES string of the molecule is Brc1cccc(CC(Br)CCc2ccco2)c1. The van der Waals surface area contributed by atoms with Crippen molar-refractivity contribution >= 4 is 31.9 Å². The first-order valence-electron chi connectivity index (χ1n) is 5.65. The minimum absolute atomic E-state index is 0.488. The molecule has 1 atom stereocenters. The molecular weight excluding hydrogens is 344 g/mol. The first-order valence-corrected chi connectivity index (χ1v) is 7.36. The van der Waals surface area contributed by atoms with Crippen LogP contribution in [0.5, 0.6) is 0 Å². The Bertz CT molecular complexity index is 451. The molecule has 0 N–H and O–H groups in total. The number of hydrogen-bond acceptors (Lipinski definition) is 1. The van der Waals surface area contributed by atoms with Crippen LogP contribution in [0.15, 0.2) is 51.6 Å². The van der Waals surface area contributed by atoms with E-state index < -0.39 is 0 Å². The van der Waals surface area contributed by atoms with Crippen LogP contribution in [0.2, 0.25) is 0 Å². The minimum Gasteiger partial charge on any atom is -0.469 e. The van der Waals surface area contributed by atoms with Crippen LogP contribution >= 0.6 is 31.9 Å². The predicted octanol–water partition coefficient (Wildman–Crippen LogP) is 4.98. The van der Waals surface area contributed by atoms with Gasteiger partial charge in [-0.1, -0.05) is 44.0 Å². The molecule has 1 aromatic heterocycles. The van der Waals surface area contributed by atoms with Gasteiger partial charge in [0.15, 0.2) is 0 Å². The van der Waals surface area contributed by atoms with Crippen molar-refractivity contribution in [3.8, 4) is 0 Å². The van der Waals surface area contributed by atoms with E-state index >= 15 is 0 Å². The van der Waals surface area contributed by atoms with E-state index in [9.17, 15) is 0 Å². The van der Waals surface area contributed by atoms with Crippen molar-refractivity contribution in [1.82, 2.24) is 0 Å². The quantitative estimate of drug-likeness (QED) is 0.687. The second-order valence-electron chi connectivity index (χ2n) is 4.05. The molecule has 1 heterocycles. The third-order valence-corrected chi connectivity index (χ3v) is 3.91. The van der Waals surface area contributed by atoms with E-state index in [4.69, 9.17) is 4.42 Å². The summed E-state index contributed by atoms with van der Waals surface area (Å²) in [6, 6.07) is 12.4. The zero-order valence-corrected chi connectivity index (χ0v) is 12.6. The van der Waals surface area contributed by atoms with Crippen molar-refractivity contribution in [3.05, 3.63) is 58.5 Å². The lowest BCUT2D eigenvalue weighted by Crippen LogP contribution is -2.04. The van der Waals surface area contributed by atoms with E-state index in [1.54, 1.807) is 6.26 Å². The molecule has 0 bridgehead atoms. The van der Waals surface area contributed by atoms with Gasteiger partial charge in [-0.3, -0.25) is 0 Å². The molecule has 0 saturated heterocycles. The van der Waals surface area contributed by atoms with Gasteiger partial charge in [-0.2, -0.15) is 0 Å². The number of halogens is 2. The lowest BCUT2D eigenvalue weighted by Gasteiger charge is -2.09. The summed E-state index contributed by atoms with van der Waals surface area (Å²) in [6.07, 6.45) is 4.84. The first kappa shape index (κ1) is 12.9. The second-order valence-corrected chi connectivity index (χ2v) is 6.26. The smallest absolute Gasteiger partial charge is 0.103 e. The fourth-order valence-corrected chi connectivity index (χ4v) is 2.82. The molecular formula is C14H14Br2O. The van der Waals surface area contributed by atoms with E-state index in [0.717, 1.165) is 29.5 Å². The molecule has 0 spiro atoms. The molecule has 3 heteroatoms. The van der Waals surface area contributed by atoms with Crippen LogP contribution in [0.25, 0.3) is 0 Å². The first-order chi connectivity index (χ1) is 8.24. The summed E-state index contributed by atoms with van der Waals surface area (Å²) < 4.78 is 6.46. The molecule has 90 valence electrons. The van der Waals surface area contributed by atoms with E-state index in [0.29, 0.717) is 4.83 Å². The van der Waals surface area contributed by atoms with Gasteiger partial charge in [0.1, 0.15) is 5.76 Å². The van der Waals surface area contributed by atoms with Gasteiger partial charge >= 0.3 is 0 Å². The van der Waals surface area contributed by atoms with Gasteiger partial charge in [0.05, 0.1) is 6.26 Å². The summed E-state index contributed by atoms with van der Waals surface area (Å²) in [5.41, 5.74) is 1.35. The average molecular weight is 358 g/mol. The predicted molar refractivity (Wildman–Crippen MR) is 77.6 cm³/mol. The largest absolute Gasteiger partial charge is 0.469 e. The number of benzene rings is 1. The highest BCUT2D eigenvalue weighted by Crippen LogP contribution is 2.19. The van der Waals surface area contributed by atoms with Crippen LogP contribution in [-0.2, 0) is 12.8 Å². The Balaban J connectivity index is 1.83. The molecule has 17 heavy (non-hydrogen) atoms. The number of rotatable bonds is 5. The normalized spacial score (nSPS) is 12.6. The van der Waals surface area contributed by atoms with Gasteiger partial charge in [0.2, 0.25) is 0 Å². The van der Waals surface area contributed by atoms with Crippen LogP contribution in [-0.4, -0.2) is 4.83 Å². The topological polar surface area (TPSA) is 13.1 Å². The van der Waals surface area contributed by atoms with Crippen molar-refractivity contribution < 1.29 is 4.42 Å². The van der Waals surface area contributed by atoms with Gasteiger partial charge in [-0.15, -0.1) is 0 Å². The van der Waals surface area contributed by atoms with E-state index in [2.05, 4.69) is 56.1 Å². The summed E-state index contributed by atoms with van der Waals surface area (Å²) in [4.78, 5) is 0.488. The van der Waals surface area contributed by atoms with Gasteiger partial charge in [-0.05, 0) is 42.7 Å². The van der Waals surface area contributed by atoms with Crippen LogP contribution in [0.1, 0.15) is 17.7 Å². The fraction of sp³-hybridized carbons (Fsp3) is 0.286. The Kier molecular flexibility index (Phi) is 4.86. The van der Waals surface area contributed by atoms with E-state index in [-0.39, 0.29) is 0 Å². The molecule has 0 amide bonds. The van der Waals surface area contributed by atoms with Gasteiger partial charge in [0, 0.05) is 15.7 Å². The molecule has 0 aliphatic heterocycles. The molecule has 1 unspecified atom stereocenters. The van der Waals surface area contributed by atoms with E-state index in [1.807, 2.05) is 12.1 Å². The Labute approximate surface area is 118 Å². The second kappa shape index (κ2) is 6.41. The molecule has 0 aliphatic carbocycles. The standard InChI is InChI=1S/C14H14Br2O/c15-12-4-1-3-11(9-12)10-13(16)6-7-14-5-2-8-17-14/h1-5,8-9,13H,6-7,10H2. The average Bonchev–Trinajstić information content (AvgIpc) is 2.79. The summed E-state index contributed by atoms with van der Waals surface area (Å²) in [5.74, 6) is 1.06. The maximum atomic E-state index is 5.32. The number of alkyl halides is 1. The third kappa shape index (κ3) is 4.32. The van der Waals surface area contributed by atoms with Crippen molar-refractivity contribution in [2.75, 3.05) is 0 Å². The van der Waals surface area contributed by atoms with Crippen molar-refractivity contribution in [1.29, 1.82) is 0 Å². The number of aryl methyl sites for hydroxylation is 1. The van der Waals surface area contributed by atoms with Crippen LogP contribution in [0.4, 0.5) is 0 Å². The highest BCUT2D eigenvalue weighted by molar-refractivity contribution is 9.10. The van der Waals surface area contributed by atoms with Gasteiger partial charge < -0.3 is 4.42 Å². The van der Waals surface area contributed by atoms with Crippen LogP contribution in [0.3, 0.4) is 0 Å². The molecule has 0 fully saturated rings. The lowest BCUT2D eigenvalue weighted by atomic mass is 10.1. The molecule has 2 rings (SSSR count). The Morgan fingerprint density at radius 3 is 2.76 bits per heavy atom. The summed E-state index contributed by atoms with van der Waals surface area (Å²) in [5, 5.41) is 0. The Hall–Kier alpha value is -0.540. The molecule has 1 nitrogen and oxygen atoms in total. The summed E-state index contributed by atoms with van der Waals surface area (Å²) in [6.45, 7) is 0. The highest BCUT2D eigenvalue weighted by atomic mass is 79.9. The van der Waals surface area contributed by atoms with Crippen molar-refractivity contribution in [2.24, 2.45) is 0 Å². The number of furan rings is 1. The molecule has 1 aromatic carbocycles. The monoisotopic (exact) mass is 356 g/mol. The zero-order chi connectivity index (χ0) is 12.1. The van der Waals surface area contributed by atoms with Crippen LogP contribution < -0.4 is 0 Å². The summed E-state index contributed by atoms with van der Waals surface area (Å²) in [7, 11) is 0. The zero-order valence-electron chi connectivity index (χ0n) is 9.40. The maximum absolute atomic E-state index is 5.32. The van der Waals surface area contributed by atoms with Crippen LogP contribution in [0, 0.1) is 0 Å². The third-order valence-electron chi connectivity index (χ3n) is 2.63. The lowest BCUT2D eigenvalue weighted by molar-refractivity contribution is 0.500. The van der Waals surface area contributed by atoms with Gasteiger partial charge in [-0.25, -0.2) is 0 Å². The molecule has 0 radical (unpaired) electrons. The molecule has 0 saturated carbocycles. The molecule has 0 aliphatic rings. The fourth-order valence-electron chi connectivity index (χ4n) is 1.78. The van der Waals surface area contributed by atoms with Gasteiger partial charge in [0.25, 0.3) is 0 Å². The highest BCUT2D eigenvalue weighted by Gasteiger charge is 2.07. The van der Waals surface area contributed by atoms with E-state index in [1.165, 1.54) is 5.56 Å².